The molecule has 0 fully saturated rings. The second-order valence-electron chi connectivity index (χ2n) is 7.05. The topological polar surface area (TPSA) is 99.0 Å². The van der Waals surface area contributed by atoms with Crippen molar-refractivity contribution >= 4 is 11.6 Å². The lowest BCUT2D eigenvalue weighted by atomic mass is 10.1. The van der Waals surface area contributed by atoms with Gasteiger partial charge in [-0.25, -0.2) is 0 Å². The first-order valence-electron chi connectivity index (χ1n) is 10.1. The summed E-state index contributed by atoms with van der Waals surface area (Å²) in [7, 11) is 0. The maximum Gasteiger partial charge on any atom is 0.291 e. The van der Waals surface area contributed by atoms with Gasteiger partial charge in [-0.2, -0.15) is 10.1 Å². The zero-order chi connectivity index (χ0) is 21.9. The van der Waals surface area contributed by atoms with Crippen LogP contribution in [0.15, 0.2) is 88.1 Å². The summed E-state index contributed by atoms with van der Waals surface area (Å²) in [4.78, 5) is 16.8. The monoisotopic (exact) mass is 425 g/mol. The Hall–Kier alpha value is -4.46. The predicted molar refractivity (Wildman–Crippen MR) is 119 cm³/mol. The molecular weight excluding hydrogens is 406 g/mol. The van der Waals surface area contributed by atoms with Gasteiger partial charge >= 0.3 is 0 Å². The Morgan fingerprint density at radius 1 is 1.00 bits per heavy atom. The van der Waals surface area contributed by atoms with Gasteiger partial charge in [0.05, 0.1) is 12.0 Å². The molecule has 0 bridgehead atoms. The predicted octanol–water partition coefficient (Wildman–Crippen LogP) is 5.13. The van der Waals surface area contributed by atoms with E-state index < -0.39 is 0 Å². The quantitative estimate of drug-likeness (QED) is 0.405. The third kappa shape index (κ3) is 3.81. The fraction of sp³-hybridized carbons (Fsp3) is 0.0833. The average Bonchev–Trinajstić information content (AvgIpc) is 3.61. The van der Waals surface area contributed by atoms with Crippen molar-refractivity contribution in [3.05, 3.63) is 85.0 Å². The smallest absolute Gasteiger partial charge is 0.291 e. The van der Waals surface area contributed by atoms with Crippen LogP contribution < -0.4 is 5.32 Å². The summed E-state index contributed by atoms with van der Waals surface area (Å²) in [6, 6.07) is 20.4. The molecule has 0 saturated heterocycles. The molecule has 5 aromatic rings. The fourth-order valence-electron chi connectivity index (χ4n) is 3.44. The van der Waals surface area contributed by atoms with Gasteiger partial charge in [0, 0.05) is 35.1 Å². The molecule has 0 saturated carbocycles. The minimum absolute atomic E-state index is 0.236. The van der Waals surface area contributed by atoms with Gasteiger partial charge in [-0.15, -0.1) is 0 Å². The van der Waals surface area contributed by atoms with Crippen LogP contribution in [-0.2, 0) is 6.54 Å². The number of rotatable bonds is 6. The summed E-state index contributed by atoms with van der Waals surface area (Å²) in [5.74, 6) is 0.744. The van der Waals surface area contributed by atoms with Crippen molar-refractivity contribution in [1.29, 1.82) is 0 Å². The number of aromatic nitrogens is 4. The van der Waals surface area contributed by atoms with Crippen LogP contribution in [0.4, 0.5) is 5.69 Å². The Morgan fingerprint density at radius 3 is 2.69 bits per heavy atom. The number of nitrogens with one attached hydrogen (secondary N) is 1. The highest BCUT2D eigenvalue weighted by molar-refractivity contribution is 6.02. The van der Waals surface area contributed by atoms with Crippen molar-refractivity contribution in [2.24, 2.45) is 0 Å². The van der Waals surface area contributed by atoms with Crippen LogP contribution in [0.2, 0.25) is 0 Å². The normalized spacial score (nSPS) is 10.9. The van der Waals surface area contributed by atoms with E-state index in [1.54, 1.807) is 30.5 Å². The molecule has 8 heteroatoms. The molecule has 1 amide bonds. The second kappa shape index (κ2) is 8.35. The van der Waals surface area contributed by atoms with Crippen molar-refractivity contribution in [1.82, 2.24) is 19.9 Å². The van der Waals surface area contributed by atoms with Crippen LogP contribution in [0.3, 0.4) is 0 Å². The number of nitrogens with zero attached hydrogens (tertiary/aromatic N) is 4. The van der Waals surface area contributed by atoms with Crippen molar-refractivity contribution in [3.8, 4) is 34.1 Å². The molecule has 5 rings (SSSR count). The van der Waals surface area contributed by atoms with E-state index in [0.717, 1.165) is 23.4 Å². The third-order valence-electron chi connectivity index (χ3n) is 4.97. The molecule has 2 aromatic carbocycles. The molecule has 0 aliphatic carbocycles. The summed E-state index contributed by atoms with van der Waals surface area (Å²) in [5.41, 5.74) is 4.18. The average molecular weight is 425 g/mol. The SMILES string of the molecule is CCn1nccc1-c1cccc(-c2noc(-c3cccc(NC(=O)c4ccco4)c3)n2)c1. The molecular formula is C24H19N5O3. The van der Waals surface area contributed by atoms with Gasteiger partial charge in [-0.05, 0) is 49.4 Å². The Kier molecular flexibility index (Phi) is 5.09. The number of aryl methyl sites for hydroxylation is 1. The molecule has 0 spiro atoms. The number of benzene rings is 2. The van der Waals surface area contributed by atoms with E-state index in [2.05, 4.69) is 27.5 Å². The van der Waals surface area contributed by atoms with E-state index in [4.69, 9.17) is 8.94 Å². The number of hydrogen-bond acceptors (Lipinski definition) is 6. The molecule has 0 radical (unpaired) electrons. The molecule has 1 N–H and O–H groups in total. The van der Waals surface area contributed by atoms with Gasteiger partial charge in [0.1, 0.15) is 0 Å². The van der Waals surface area contributed by atoms with Crippen LogP contribution in [0.25, 0.3) is 34.1 Å². The Morgan fingerprint density at radius 2 is 1.84 bits per heavy atom. The van der Waals surface area contributed by atoms with Crippen molar-refractivity contribution in [2.45, 2.75) is 13.5 Å². The van der Waals surface area contributed by atoms with Gasteiger partial charge in [-0.3, -0.25) is 9.48 Å². The molecule has 32 heavy (non-hydrogen) atoms. The Balaban J connectivity index is 1.40. The molecule has 0 aliphatic rings. The van der Waals surface area contributed by atoms with Crippen LogP contribution in [0, 0.1) is 0 Å². The number of carbonyl (C=O) groups excluding carboxylic acids is 1. The lowest BCUT2D eigenvalue weighted by Crippen LogP contribution is -2.10. The number of anilines is 1. The second-order valence-corrected chi connectivity index (χ2v) is 7.05. The minimum Gasteiger partial charge on any atom is -0.459 e. The lowest BCUT2D eigenvalue weighted by Gasteiger charge is -2.05. The molecule has 8 nitrogen and oxygen atoms in total. The Bertz CT molecular complexity index is 1370. The van der Waals surface area contributed by atoms with Crippen LogP contribution >= 0.6 is 0 Å². The maximum atomic E-state index is 12.2. The lowest BCUT2D eigenvalue weighted by molar-refractivity contribution is 0.0996. The molecule has 158 valence electrons. The van der Waals surface area contributed by atoms with Crippen molar-refractivity contribution in [3.63, 3.8) is 0 Å². The molecule has 0 unspecified atom stereocenters. The fourth-order valence-corrected chi connectivity index (χ4v) is 3.44. The highest BCUT2D eigenvalue weighted by atomic mass is 16.5. The van der Waals surface area contributed by atoms with E-state index in [1.807, 2.05) is 47.1 Å². The number of carbonyl (C=O) groups is 1. The zero-order valence-electron chi connectivity index (χ0n) is 17.2. The van der Waals surface area contributed by atoms with Crippen LogP contribution in [0.5, 0.6) is 0 Å². The van der Waals surface area contributed by atoms with Gasteiger partial charge in [-0.1, -0.05) is 29.4 Å². The minimum atomic E-state index is -0.332. The number of furan rings is 1. The number of hydrogen-bond donors (Lipinski definition) is 1. The zero-order valence-corrected chi connectivity index (χ0v) is 17.2. The first-order valence-corrected chi connectivity index (χ1v) is 10.1. The van der Waals surface area contributed by atoms with Crippen LogP contribution in [0.1, 0.15) is 17.5 Å². The highest BCUT2D eigenvalue weighted by Crippen LogP contribution is 2.27. The molecule has 3 heterocycles. The first kappa shape index (κ1) is 19.5. The Labute approximate surface area is 183 Å². The van der Waals surface area contributed by atoms with Crippen molar-refractivity contribution < 1.29 is 13.7 Å². The van der Waals surface area contributed by atoms with Crippen LogP contribution in [-0.4, -0.2) is 25.8 Å². The molecule has 0 atom stereocenters. The first-order chi connectivity index (χ1) is 15.7. The van der Waals surface area contributed by atoms with Gasteiger partial charge in [0.15, 0.2) is 5.76 Å². The van der Waals surface area contributed by atoms with E-state index >= 15 is 0 Å². The van der Waals surface area contributed by atoms with Crippen molar-refractivity contribution in [2.75, 3.05) is 5.32 Å². The summed E-state index contributed by atoms with van der Waals surface area (Å²) >= 11 is 0. The summed E-state index contributed by atoms with van der Waals surface area (Å²) in [5, 5.41) is 11.3. The van der Waals surface area contributed by atoms with E-state index in [0.29, 0.717) is 23.0 Å². The van der Waals surface area contributed by atoms with E-state index in [1.165, 1.54) is 6.26 Å². The highest BCUT2D eigenvalue weighted by Gasteiger charge is 2.14. The molecule has 0 aliphatic heterocycles. The van der Waals surface area contributed by atoms with E-state index in [9.17, 15) is 4.79 Å². The summed E-state index contributed by atoms with van der Waals surface area (Å²) < 4.78 is 12.6. The third-order valence-corrected chi connectivity index (χ3v) is 4.97. The number of amides is 1. The largest absolute Gasteiger partial charge is 0.459 e. The maximum absolute atomic E-state index is 12.2. The summed E-state index contributed by atoms with van der Waals surface area (Å²) in [6.07, 6.45) is 3.24. The van der Waals surface area contributed by atoms with Gasteiger partial charge in [0.2, 0.25) is 5.82 Å². The van der Waals surface area contributed by atoms with Gasteiger partial charge in [0.25, 0.3) is 11.8 Å². The van der Waals surface area contributed by atoms with Gasteiger partial charge < -0.3 is 14.3 Å². The molecule has 3 aromatic heterocycles. The summed E-state index contributed by atoms with van der Waals surface area (Å²) in [6.45, 7) is 2.84. The standard InChI is InChI=1S/C24H19N5O3/c1-2-29-20(11-12-25-29)16-6-3-7-17(14-16)22-27-24(32-28-22)18-8-4-9-19(15-18)26-23(30)21-10-5-13-31-21/h3-15H,2H2,1H3,(H,26,30). The van der Waals surface area contributed by atoms with E-state index in [-0.39, 0.29) is 11.7 Å².